The van der Waals surface area contributed by atoms with Crippen LogP contribution >= 0.6 is 11.6 Å². The van der Waals surface area contributed by atoms with E-state index in [1.165, 1.54) is 6.07 Å². The lowest BCUT2D eigenvalue weighted by atomic mass is 9.79. The Kier molecular flexibility index (Phi) is 9.15. The van der Waals surface area contributed by atoms with Crippen molar-refractivity contribution in [3.8, 4) is 11.1 Å². The second kappa shape index (κ2) is 12.2. The fourth-order valence-electron chi connectivity index (χ4n) is 5.98. The molecule has 0 aliphatic carbocycles. The van der Waals surface area contributed by atoms with Crippen molar-refractivity contribution in [3.63, 3.8) is 0 Å². The molecule has 39 heavy (non-hydrogen) atoms. The zero-order valence-electron chi connectivity index (χ0n) is 23.7. The van der Waals surface area contributed by atoms with Gasteiger partial charge < -0.3 is 16.0 Å². The first-order chi connectivity index (χ1) is 18.4. The molecule has 2 unspecified atom stereocenters. The Labute approximate surface area is 237 Å². The van der Waals surface area contributed by atoms with Gasteiger partial charge in [0.15, 0.2) is 0 Å². The molecule has 0 bridgehead atoms. The van der Waals surface area contributed by atoms with Gasteiger partial charge in [-0.1, -0.05) is 66.2 Å². The van der Waals surface area contributed by atoms with Crippen LogP contribution in [-0.2, 0) is 11.2 Å². The number of carbonyl (C=O) groups is 1. The highest BCUT2D eigenvalue weighted by Gasteiger charge is 2.37. The second-order valence-electron chi connectivity index (χ2n) is 12.3. The highest BCUT2D eigenvalue weighted by molar-refractivity contribution is 6.30. The third kappa shape index (κ3) is 8.14. The van der Waals surface area contributed by atoms with Gasteiger partial charge in [0.1, 0.15) is 5.82 Å². The lowest BCUT2D eigenvalue weighted by Crippen LogP contribution is -2.62. The van der Waals surface area contributed by atoms with Crippen molar-refractivity contribution in [1.82, 2.24) is 16.0 Å². The van der Waals surface area contributed by atoms with Crippen LogP contribution in [0.25, 0.3) is 11.1 Å². The van der Waals surface area contributed by atoms with E-state index in [9.17, 15) is 4.79 Å². The van der Waals surface area contributed by atoms with Crippen molar-refractivity contribution in [1.29, 1.82) is 0 Å². The minimum Gasteiger partial charge on any atom is -0.351 e. The van der Waals surface area contributed by atoms with E-state index in [0.717, 1.165) is 24.0 Å². The van der Waals surface area contributed by atoms with Crippen LogP contribution in [0, 0.1) is 5.82 Å². The molecule has 1 aliphatic rings. The molecule has 1 amide bonds. The number of rotatable bonds is 9. The van der Waals surface area contributed by atoms with Crippen LogP contribution in [0.4, 0.5) is 4.39 Å². The lowest BCUT2D eigenvalue weighted by molar-refractivity contribution is -0.122. The number of halogens is 2. The van der Waals surface area contributed by atoms with Gasteiger partial charge in [-0.15, -0.1) is 0 Å². The molecular weight excluding hydrogens is 509 g/mol. The van der Waals surface area contributed by atoms with E-state index >= 15 is 4.39 Å². The predicted molar refractivity (Wildman–Crippen MR) is 160 cm³/mol. The number of amides is 1. The van der Waals surface area contributed by atoms with Crippen LogP contribution in [0.1, 0.15) is 64.5 Å². The van der Waals surface area contributed by atoms with Crippen molar-refractivity contribution in [2.45, 2.75) is 83.0 Å². The molecule has 1 heterocycles. The Morgan fingerprint density at radius 2 is 1.64 bits per heavy atom. The van der Waals surface area contributed by atoms with Gasteiger partial charge in [0.05, 0.1) is 5.92 Å². The maximum Gasteiger partial charge on any atom is 0.227 e. The van der Waals surface area contributed by atoms with Gasteiger partial charge in [0.25, 0.3) is 0 Å². The monoisotopic (exact) mass is 549 g/mol. The van der Waals surface area contributed by atoms with Gasteiger partial charge >= 0.3 is 0 Å². The molecule has 208 valence electrons. The number of nitrogens with one attached hydrogen (secondary N) is 3. The van der Waals surface area contributed by atoms with Crippen molar-refractivity contribution in [2.75, 3.05) is 6.54 Å². The Balaban J connectivity index is 1.47. The summed E-state index contributed by atoms with van der Waals surface area (Å²) < 4.78 is 15.0. The first-order valence-electron chi connectivity index (χ1n) is 13.8. The third-order valence-corrected chi connectivity index (χ3v) is 7.81. The standard InChI is InChI=1S/C33H41ClFN3O/c1-22(25-13-16-29(30(35)18-25)24-9-7-6-8-10-24)31(39)37-27(17-23-11-14-26(34)15-12-23)21-36-28-19-32(2,3)38-33(4,5)20-28/h6-16,18,22,27-28,36,38H,17,19-21H2,1-5H3,(H,37,39). The van der Waals surface area contributed by atoms with Gasteiger partial charge in [0, 0.05) is 40.3 Å². The van der Waals surface area contributed by atoms with E-state index in [1.54, 1.807) is 6.07 Å². The molecule has 1 fully saturated rings. The molecule has 6 heteroatoms. The van der Waals surface area contributed by atoms with Crippen molar-refractivity contribution >= 4 is 17.5 Å². The predicted octanol–water partition coefficient (Wildman–Crippen LogP) is 6.88. The van der Waals surface area contributed by atoms with Crippen molar-refractivity contribution in [2.24, 2.45) is 0 Å². The normalized spacial score (nSPS) is 18.3. The third-order valence-electron chi connectivity index (χ3n) is 7.56. The molecule has 3 aromatic rings. The van der Waals surface area contributed by atoms with Crippen LogP contribution in [0.15, 0.2) is 72.8 Å². The highest BCUT2D eigenvalue weighted by Crippen LogP contribution is 2.29. The average molecular weight is 550 g/mol. The van der Waals surface area contributed by atoms with Crippen LogP contribution in [0.2, 0.25) is 5.02 Å². The highest BCUT2D eigenvalue weighted by atomic mass is 35.5. The van der Waals surface area contributed by atoms with Crippen LogP contribution in [-0.4, -0.2) is 35.6 Å². The average Bonchev–Trinajstić information content (AvgIpc) is 2.86. The van der Waals surface area contributed by atoms with Gasteiger partial charge in [-0.3, -0.25) is 4.79 Å². The molecule has 2 atom stereocenters. The van der Waals surface area contributed by atoms with E-state index in [0.29, 0.717) is 35.2 Å². The van der Waals surface area contributed by atoms with Gasteiger partial charge in [-0.05, 0) is 88.8 Å². The second-order valence-corrected chi connectivity index (χ2v) is 12.7. The first kappa shape index (κ1) is 29.3. The zero-order valence-corrected chi connectivity index (χ0v) is 24.4. The largest absolute Gasteiger partial charge is 0.351 e. The summed E-state index contributed by atoms with van der Waals surface area (Å²) in [5, 5.41) is 11.4. The topological polar surface area (TPSA) is 53.2 Å². The summed E-state index contributed by atoms with van der Waals surface area (Å²) in [7, 11) is 0. The number of carbonyl (C=O) groups excluding carboxylic acids is 1. The van der Waals surface area contributed by atoms with E-state index in [-0.39, 0.29) is 28.8 Å². The van der Waals surface area contributed by atoms with Crippen LogP contribution < -0.4 is 16.0 Å². The molecule has 0 spiro atoms. The zero-order chi connectivity index (χ0) is 28.2. The summed E-state index contributed by atoms with van der Waals surface area (Å²) in [6.07, 6.45) is 2.67. The van der Waals surface area contributed by atoms with E-state index in [2.05, 4.69) is 43.6 Å². The minimum atomic E-state index is -0.492. The maximum atomic E-state index is 15.0. The molecule has 4 rings (SSSR count). The molecule has 0 radical (unpaired) electrons. The van der Waals surface area contributed by atoms with E-state index in [1.807, 2.05) is 67.6 Å². The summed E-state index contributed by atoms with van der Waals surface area (Å²) in [5.74, 6) is -0.934. The van der Waals surface area contributed by atoms with E-state index < -0.39 is 5.92 Å². The van der Waals surface area contributed by atoms with Crippen LogP contribution in [0.3, 0.4) is 0 Å². The molecule has 3 aromatic carbocycles. The fraction of sp³-hybridized carbons (Fsp3) is 0.424. The van der Waals surface area contributed by atoms with Gasteiger partial charge in [-0.25, -0.2) is 4.39 Å². The summed E-state index contributed by atoms with van der Waals surface area (Å²) in [4.78, 5) is 13.4. The Morgan fingerprint density at radius 3 is 2.26 bits per heavy atom. The van der Waals surface area contributed by atoms with E-state index in [4.69, 9.17) is 11.6 Å². The van der Waals surface area contributed by atoms with Crippen molar-refractivity contribution in [3.05, 3.63) is 94.8 Å². The molecule has 0 aromatic heterocycles. The van der Waals surface area contributed by atoms with Gasteiger partial charge in [0.2, 0.25) is 5.91 Å². The van der Waals surface area contributed by atoms with Crippen LogP contribution in [0.5, 0.6) is 0 Å². The Morgan fingerprint density at radius 1 is 1.00 bits per heavy atom. The number of hydrogen-bond acceptors (Lipinski definition) is 3. The lowest BCUT2D eigenvalue weighted by Gasteiger charge is -2.47. The quantitative estimate of drug-likeness (QED) is 0.273. The maximum absolute atomic E-state index is 15.0. The van der Waals surface area contributed by atoms with Gasteiger partial charge in [-0.2, -0.15) is 0 Å². The summed E-state index contributed by atoms with van der Waals surface area (Å²) in [5.41, 5.74) is 3.16. The Hall–Kier alpha value is -2.73. The van der Waals surface area contributed by atoms with Crippen molar-refractivity contribution < 1.29 is 9.18 Å². The first-order valence-corrected chi connectivity index (χ1v) is 14.2. The smallest absolute Gasteiger partial charge is 0.227 e. The summed E-state index contributed by atoms with van der Waals surface area (Å²) >= 11 is 6.10. The fourth-order valence-corrected chi connectivity index (χ4v) is 6.11. The molecule has 1 aliphatic heterocycles. The number of benzene rings is 3. The minimum absolute atomic E-state index is 0.0266. The Bertz CT molecular complexity index is 1240. The molecule has 1 saturated heterocycles. The molecule has 0 saturated carbocycles. The molecule has 3 N–H and O–H groups in total. The molecular formula is C33H41ClFN3O. The number of piperidine rings is 1. The molecule has 4 nitrogen and oxygen atoms in total. The number of hydrogen-bond donors (Lipinski definition) is 3. The SMILES string of the molecule is CC(C(=O)NC(CNC1CC(C)(C)NC(C)(C)C1)Cc1ccc(Cl)cc1)c1ccc(-c2ccccc2)c(F)c1. The summed E-state index contributed by atoms with van der Waals surface area (Å²) in [6.45, 7) is 11.4. The summed E-state index contributed by atoms with van der Waals surface area (Å²) in [6, 6.07) is 22.5.